The lowest BCUT2D eigenvalue weighted by Crippen LogP contribution is -2.36. The van der Waals surface area contributed by atoms with E-state index in [4.69, 9.17) is 9.72 Å². The van der Waals surface area contributed by atoms with Crippen molar-refractivity contribution in [2.45, 2.75) is 12.5 Å². The number of hydrogen-bond donors (Lipinski definition) is 1. The van der Waals surface area contributed by atoms with Crippen molar-refractivity contribution in [1.29, 1.82) is 0 Å². The minimum Gasteiger partial charge on any atom is -0.456 e. The molecule has 1 atom stereocenters. The van der Waals surface area contributed by atoms with E-state index in [2.05, 4.69) is 31.7 Å². The Hall–Kier alpha value is -4.53. The first-order valence-corrected chi connectivity index (χ1v) is 11.3. The van der Waals surface area contributed by atoms with Crippen molar-refractivity contribution in [2.24, 2.45) is 0 Å². The average molecular weight is 468 g/mol. The van der Waals surface area contributed by atoms with Gasteiger partial charge < -0.3 is 19.9 Å². The summed E-state index contributed by atoms with van der Waals surface area (Å²) in [6.07, 6.45) is 5.38. The number of carbonyl (C=O) groups excluding carboxylic acids is 1. The molecule has 4 heterocycles. The normalized spacial score (nSPS) is 15.1. The van der Waals surface area contributed by atoms with Gasteiger partial charge in [-0.3, -0.25) is 4.79 Å². The molecule has 0 radical (unpaired) electrons. The molecule has 176 valence electrons. The SMILES string of the molecule is C=CC(=O)N1CC[C@H](N(C)c2ccc3ncnc(Nc4ccc(Oc5ccccc5)cn4)c3n2)C1. The van der Waals surface area contributed by atoms with Crippen molar-refractivity contribution in [3.8, 4) is 11.5 Å². The predicted octanol–water partition coefficient (Wildman–Crippen LogP) is 4.18. The maximum atomic E-state index is 12.0. The van der Waals surface area contributed by atoms with E-state index >= 15 is 0 Å². The van der Waals surface area contributed by atoms with Crippen LogP contribution in [0.1, 0.15) is 6.42 Å². The van der Waals surface area contributed by atoms with Crippen LogP contribution in [-0.2, 0) is 4.79 Å². The van der Waals surface area contributed by atoms with Crippen LogP contribution in [0.25, 0.3) is 11.0 Å². The second-order valence-corrected chi connectivity index (χ2v) is 8.22. The third kappa shape index (κ3) is 4.89. The number of likely N-dealkylation sites (N-methyl/N-ethyl adjacent to an activating group) is 1. The second kappa shape index (κ2) is 9.76. The Labute approximate surface area is 203 Å². The fourth-order valence-electron chi connectivity index (χ4n) is 4.05. The number of pyridine rings is 2. The Morgan fingerprint density at radius 1 is 1.11 bits per heavy atom. The zero-order chi connectivity index (χ0) is 24.2. The number of aromatic nitrogens is 4. The second-order valence-electron chi connectivity index (χ2n) is 8.22. The molecule has 9 nitrogen and oxygen atoms in total. The lowest BCUT2D eigenvalue weighted by Gasteiger charge is -2.26. The first kappa shape index (κ1) is 22.3. The van der Waals surface area contributed by atoms with E-state index in [1.165, 1.54) is 12.4 Å². The van der Waals surface area contributed by atoms with Crippen LogP contribution in [0.5, 0.6) is 11.5 Å². The van der Waals surface area contributed by atoms with E-state index in [1.54, 1.807) is 6.20 Å². The van der Waals surface area contributed by atoms with Gasteiger partial charge in [0.05, 0.1) is 11.7 Å². The van der Waals surface area contributed by atoms with Crippen molar-refractivity contribution in [1.82, 2.24) is 24.8 Å². The number of likely N-dealkylation sites (tertiary alicyclic amines) is 1. The molecule has 0 bridgehead atoms. The van der Waals surface area contributed by atoms with Crippen LogP contribution in [0.4, 0.5) is 17.5 Å². The van der Waals surface area contributed by atoms with Gasteiger partial charge in [-0.15, -0.1) is 0 Å². The number of carbonyl (C=O) groups is 1. The molecule has 0 saturated carbocycles. The van der Waals surface area contributed by atoms with Gasteiger partial charge in [-0.2, -0.15) is 0 Å². The first-order valence-electron chi connectivity index (χ1n) is 11.3. The zero-order valence-electron chi connectivity index (χ0n) is 19.3. The average Bonchev–Trinajstić information content (AvgIpc) is 3.40. The maximum Gasteiger partial charge on any atom is 0.246 e. The molecule has 35 heavy (non-hydrogen) atoms. The number of para-hydroxylation sites is 1. The minimum atomic E-state index is -0.0417. The van der Waals surface area contributed by atoms with Crippen LogP contribution in [-0.4, -0.2) is 56.9 Å². The van der Waals surface area contributed by atoms with Gasteiger partial charge in [0.1, 0.15) is 35.0 Å². The van der Waals surface area contributed by atoms with E-state index in [0.717, 1.165) is 23.5 Å². The summed E-state index contributed by atoms with van der Waals surface area (Å²) in [6, 6.07) is 17.2. The highest BCUT2D eigenvalue weighted by molar-refractivity contribution is 5.88. The van der Waals surface area contributed by atoms with Gasteiger partial charge in [0.25, 0.3) is 0 Å². The number of fused-ring (bicyclic) bond motifs is 1. The van der Waals surface area contributed by atoms with E-state index < -0.39 is 0 Å². The maximum absolute atomic E-state index is 12.0. The molecule has 3 aromatic heterocycles. The van der Waals surface area contributed by atoms with E-state index in [0.29, 0.717) is 36.0 Å². The minimum absolute atomic E-state index is 0.0417. The largest absolute Gasteiger partial charge is 0.456 e. The third-order valence-corrected chi connectivity index (χ3v) is 5.99. The van der Waals surface area contributed by atoms with Gasteiger partial charge in [0.15, 0.2) is 5.82 Å². The molecule has 9 heteroatoms. The van der Waals surface area contributed by atoms with Gasteiger partial charge in [0, 0.05) is 26.2 Å². The summed E-state index contributed by atoms with van der Waals surface area (Å²) >= 11 is 0. The van der Waals surface area contributed by atoms with Crippen molar-refractivity contribution in [3.63, 3.8) is 0 Å². The molecule has 1 aliphatic heterocycles. The number of anilines is 3. The zero-order valence-corrected chi connectivity index (χ0v) is 19.3. The Kier molecular flexibility index (Phi) is 6.21. The molecule has 0 spiro atoms. The Bertz CT molecular complexity index is 1350. The summed E-state index contributed by atoms with van der Waals surface area (Å²) in [5, 5.41) is 3.24. The Morgan fingerprint density at radius 3 is 2.74 bits per heavy atom. The third-order valence-electron chi connectivity index (χ3n) is 5.99. The molecule has 0 aliphatic carbocycles. The van der Waals surface area contributed by atoms with E-state index in [-0.39, 0.29) is 11.9 Å². The molecule has 1 amide bonds. The quantitative estimate of drug-likeness (QED) is 0.405. The monoisotopic (exact) mass is 467 g/mol. The summed E-state index contributed by atoms with van der Waals surface area (Å²) < 4.78 is 5.81. The van der Waals surface area contributed by atoms with Crippen LogP contribution in [0.15, 0.2) is 79.8 Å². The molecule has 5 rings (SSSR count). The highest BCUT2D eigenvalue weighted by Gasteiger charge is 2.28. The summed E-state index contributed by atoms with van der Waals surface area (Å²) in [5.41, 5.74) is 1.36. The lowest BCUT2D eigenvalue weighted by molar-refractivity contribution is -0.125. The number of benzene rings is 1. The fourth-order valence-corrected chi connectivity index (χ4v) is 4.05. The fraction of sp³-hybridized carbons (Fsp3) is 0.192. The van der Waals surface area contributed by atoms with Crippen LogP contribution in [0.3, 0.4) is 0 Å². The smallest absolute Gasteiger partial charge is 0.246 e. The number of nitrogens with one attached hydrogen (secondary N) is 1. The van der Waals surface area contributed by atoms with Crippen LogP contribution in [0.2, 0.25) is 0 Å². The standard InChI is InChI=1S/C26H25N7O2/c1-3-24(34)33-14-13-18(16-33)32(2)23-12-10-21-25(31-23)26(29-17-28-21)30-22-11-9-20(15-27-22)35-19-7-5-4-6-8-19/h3-12,15,17-18H,1,13-14,16H2,2H3,(H,27,28,29,30)/t18-/m0/s1. The van der Waals surface area contributed by atoms with Crippen LogP contribution in [0, 0.1) is 0 Å². The molecular formula is C26H25N7O2. The summed E-state index contributed by atoms with van der Waals surface area (Å²) in [4.78, 5) is 33.9. The van der Waals surface area contributed by atoms with Crippen molar-refractivity contribution in [2.75, 3.05) is 30.4 Å². The van der Waals surface area contributed by atoms with Gasteiger partial charge in [-0.25, -0.2) is 19.9 Å². The number of rotatable bonds is 7. The molecule has 1 fully saturated rings. The number of hydrogen-bond acceptors (Lipinski definition) is 8. The number of ether oxygens (including phenoxy) is 1. The summed E-state index contributed by atoms with van der Waals surface area (Å²) in [5.74, 6) is 3.30. The Morgan fingerprint density at radius 2 is 1.97 bits per heavy atom. The summed E-state index contributed by atoms with van der Waals surface area (Å²) in [7, 11) is 1.99. The summed E-state index contributed by atoms with van der Waals surface area (Å²) in [6.45, 7) is 4.93. The van der Waals surface area contributed by atoms with Crippen molar-refractivity contribution < 1.29 is 9.53 Å². The van der Waals surface area contributed by atoms with Gasteiger partial charge in [-0.1, -0.05) is 24.8 Å². The molecule has 1 saturated heterocycles. The molecular weight excluding hydrogens is 442 g/mol. The Balaban J connectivity index is 1.34. The number of amides is 1. The molecule has 1 aromatic carbocycles. The highest BCUT2D eigenvalue weighted by Crippen LogP contribution is 2.27. The topological polar surface area (TPSA) is 96.4 Å². The number of nitrogens with zero attached hydrogens (tertiary/aromatic N) is 6. The van der Waals surface area contributed by atoms with Gasteiger partial charge in [-0.05, 0) is 48.9 Å². The lowest BCUT2D eigenvalue weighted by atomic mass is 10.2. The first-order chi connectivity index (χ1) is 17.1. The molecule has 4 aromatic rings. The van der Waals surface area contributed by atoms with Crippen LogP contribution >= 0.6 is 0 Å². The molecule has 1 aliphatic rings. The van der Waals surface area contributed by atoms with Gasteiger partial charge >= 0.3 is 0 Å². The van der Waals surface area contributed by atoms with E-state index in [1.807, 2.05) is 66.5 Å². The van der Waals surface area contributed by atoms with E-state index in [9.17, 15) is 4.79 Å². The van der Waals surface area contributed by atoms with Crippen LogP contribution < -0.4 is 15.0 Å². The predicted molar refractivity (Wildman–Crippen MR) is 135 cm³/mol. The van der Waals surface area contributed by atoms with Crippen molar-refractivity contribution >= 4 is 34.4 Å². The molecule has 1 N–H and O–H groups in total. The highest BCUT2D eigenvalue weighted by atomic mass is 16.5. The van der Waals surface area contributed by atoms with Gasteiger partial charge in [0.2, 0.25) is 5.91 Å². The van der Waals surface area contributed by atoms with Crippen molar-refractivity contribution in [3.05, 3.63) is 79.8 Å². The molecule has 0 unspecified atom stereocenters.